The zero-order valence-electron chi connectivity index (χ0n) is 12.4. The number of fused-ring (bicyclic) bond motifs is 1. The van der Waals surface area contributed by atoms with Crippen LogP contribution >= 0.6 is 0 Å². The summed E-state index contributed by atoms with van der Waals surface area (Å²) in [5.74, 6) is 0.960. The summed E-state index contributed by atoms with van der Waals surface area (Å²) in [5, 5.41) is 0. The minimum absolute atomic E-state index is 0.725. The molecule has 0 atom stereocenters. The predicted molar refractivity (Wildman–Crippen MR) is 83.6 cm³/mol. The van der Waals surface area contributed by atoms with Gasteiger partial charge in [-0.1, -0.05) is 24.3 Å². The molecule has 104 valence electrons. The summed E-state index contributed by atoms with van der Waals surface area (Å²) in [4.78, 5) is 0. The fourth-order valence-corrected chi connectivity index (χ4v) is 3.18. The Kier molecular flexibility index (Phi) is 3.77. The Bertz CT molecular complexity index is 596. The highest BCUT2D eigenvalue weighted by Crippen LogP contribution is 2.28. The maximum atomic E-state index is 5.50. The van der Waals surface area contributed by atoms with Crippen LogP contribution in [0, 0.1) is 6.92 Å². The lowest BCUT2D eigenvalue weighted by Gasteiger charge is -2.11. The van der Waals surface area contributed by atoms with E-state index in [2.05, 4.69) is 43.3 Å². The van der Waals surface area contributed by atoms with Crippen LogP contribution in [0.3, 0.4) is 0 Å². The molecule has 0 saturated carbocycles. The van der Waals surface area contributed by atoms with Crippen LogP contribution in [0.5, 0.6) is 5.75 Å². The van der Waals surface area contributed by atoms with Crippen LogP contribution in [0.2, 0.25) is 0 Å². The van der Waals surface area contributed by atoms with Crippen LogP contribution in [0.4, 0.5) is 0 Å². The van der Waals surface area contributed by atoms with E-state index in [4.69, 9.17) is 4.74 Å². The molecular formula is C19H22O. The first kappa shape index (κ1) is 13.2. The van der Waals surface area contributed by atoms with Crippen molar-refractivity contribution in [3.05, 3.63) is 64.2 Å². The van der Waals surface area contributed by atoms with E-state index in [-0.39, 0.29) is 0 Å². The van der Waals surface area contributed by atoms with Crippen molar-refractivity contribution in [2.24, 2.45) is 0 Å². The molecular weight excluding hydrogens is 244 g/mol. The SMILES string of the molecule is CCOc1ccc(Cc2ccc3c(c2C)CCC3)cc1. The van der Waals surface area contributed by atoms with Gasteiger partial charge >= 0.3 is 0 Å². The molecule has 1 aliphatic rings. The van der Waals surface area contributed by atoms with Gasteiger partial charge in [-0.2, -0.15) is 0 Å². The second-order valence-electron chi connectivity index (χ2n) is 5.59. The standard InChI is InChI=1S/C19H22O/c1-3-20-18-11-7-15(8-12-18)13-17-10-9-16-5-4-6-19(16)14(17)2/h7-12H,3-6,13H2,1-2H3. The second kappa shape index (κ2) is 5.70. The van der Waals surface area contributed by atoms with Crippen molar-refractivity contribution in [2.75, 3.05) is 6.61 Å². The lowest BCUT2D eigenvalue weighted by atomic mass is 9.94. The third-order valence-corrected chi connectivity index (χ3v) is 4.31. The molecule has 1 aliphatic carbocycles. The van der Waals surface area contributed by atoms with Gasteiger partial charge in [0.25, 0.3) is 0 Å². The number of hydrogen-bond donors (Lipinski definition) is 0. The molecule has 1 nitrogen and oxygen atoms in total. The lowest BCUT2D eigenvalue weighted by molar-refractivity contribution is 0.340. The molecule has 3 rings (SSSR count). The molecule has 0 N–H and O–H groups in total. The van der Waals surface area contributed by atoms with Gasteiger partial charge in [-0.05, 0) is 79.5 Å². The quantitative estimate of drug-likeness (QED) is 0.793. The number of ether oxygens (including phenoxy) is 1. The van der Waals surface area contributed by atoms with Crippen LogP contribution in [-0.2, 0) is 19.3 Å². The van der Waals surface area contributed by atoms with Gasteiger partial charge in [-0.15, -0.1) is 0 Å². The summed E-state index contributed by atoms with van der Waals surface area (Å²) < 4.78 is 5.50. The van der Waals surface area contributed by atoms with E-state index in [1.165, 1.54) is 36.0 Å². The van der Waals surface area contributed by atoms with Crippen LogP contribution in [0.25, 0.3) is 0 Å². The van der Waals surface area contributed by atoms with Crippen molar-refractivity contribution in [1.82, 2.24) is 0 Å². The fraction of sp³-hybridized carbons (Fsp3) is 0.368. The number of benzene rings is 2. The highest BCUT2D eigenvalue weighted by Gasteiger charge is 2.15. The Morgan fingerprint density at radius 3 is 2.55 bits per heavy atom. The van der Waals surface area contributed by atoms with Crippen LogP contribution < -0.4 is 4.74 Å². The molecule has 0 bridgehead atoms. The van der Waals surface area contributed by atoms with E-state index in [9.17, 15) is 0 Å². The van der Waals surface area contributed by atoms with Gasteiger partial charge in [0.15, 0.2) is 0 Å². The van der Waals surface area contributed by atoms with Gasteiger partial charge in [0, 0.05) is 0 Å². The molecule has 0 saturated heterocycles. The monoisotopic (exact) mass is 266 g/mol. The first-order valence-electron chi connectivity index (χ1n) is 7.60. The molecule has 2 aromatic rings. The average molecular weight is 266 g/mol. The van der Waals surface area contributed by atoms with Crippen molar-refractivity contribution in [1.29, 1.82) is 0 Å². The maximum absolute atomic E-state index is 5.50. The highest BCUT2D eigenvalue weighted by atomic mass is 16.5. The lowest BCUT2D eigenvalue weighted by Crippen LogP contribution is -1.97. The zero-order chi connectivity index (χ0) is 13.9. The van der Waals surface area contributed by atoms with E-state index in [0.717, 1.165) is 18.8 Å². The number of rotatable bonds is 4. The molecule has 0 heterocycles. The van der Waals surface area contributed by atoms with Gasteiger partial charge in [0.2, 0.25) is 0 Å². The molecule has 0 unspecified atom stereocenters. The fourth-order valence-electron chi connectivity index (χ4n) is 3.18. The van der Waals surface area contributed by atoms with Gasteiger partial charge < -0.3 is 4.74 Å². The second-order valence-corrected chi connectivity index (χ2v) is 5.59. The van der Waals surface area contributed by atoms with Crippen molar-refractivity contribution in [2.45, 2.75) is 39.5 Å². The third kappa shape index (κ3) is 2.58. The highest BCUT2D eigenvalue weighted by molar-refractivity contribution is 5.45. The molecule has 0 fully saturated rings. The Morgan fingerprint density at radius 2 is 1.80 bits per heavy atom. The molecule has 20 heavy (non-hydrogen) atoms. The molecule has 0 amide bonds. The van der Waals surface area contributed by atoms with Crippen LogP contribution in [0.1, 0.15) is 41.2 Å². The Morgan fingerprint density at radius 1 is 1.00 bits per heavy atom. The molecule has 0 radical (unpaired) electrons. The summed E-state index contributed by atoms with van der Waals surface area (Å²) >= 11 is 0. The normalized spacial score (nSPS) is 13.3. The predicted octanol–water partition coefficient (Wildman–Crippen LogP) is 4.47. The van der Waals surface area contributed by atoms with E-state index >= 15 is 0 Å². The van der Waals surface area contributed by atoms with Gasteiger partial charge in [0.1, 0.15) is 5.75 Å². The molecule has 0 aromatic heterocycles. The maximum Gasteiger partial charge on any atom is 0.119 e. The molecule has 2 aromatic carbocycles. The largest absolute Gasteiger partial charge is 0.494 e. The van der Waals surface area contributed by atoms with Gasteiger partial charge in [-0.3, -0.25) is 0 Å². The van der Waals surface area contributed by atoms with Crippen molar-refractivity contribution < 1.29 is 4.74 Å². The first-order chi connectivity index (χ1) is 9.78. The first-order valence-corrected chi connectivity index (χ1v) is 7.60. The zero-order valence-corrected chi connectivity index (χ0v) is 12.4. The molecule has 1 heteroatoms. The smallest absolute Gasteiger partial charge is 0.119 e. The summed E-state index contributed by atoms with van der Waals surface area (Å²) in [6, 6.07) is 13.1. The van der Waals surface area contributed by atoms with E-state index in [1.54, 1.807) is 11.1 Å². The van der Waals surface area contributed by atoms with E-state index < -0.39 is 0 Å². The minimum Gasteiger partial charge on any atom is -0.494 e. The average Bonchev–Trinajstić information content (AvgIpc) is 2.94. The summed E-state index contributed by atoms with van der Waals surface area (Å²) in [7, 11) is 0. The summed E-state index contributed by atoms with van der Waals surface area (Å²) in [6.45, 7) is 5.03. The van der Waals surface area contributed by atoms with Gasteiger partial charge in [0.05, 0.1) is 6.61 Å². The Hall–Kier alpha value is -1.76. The number of hydrogen-bond acceptors (Lipinski definition) is 1. The van der Waals surface area contributed by atoms with E-state index in [1.807, 2.05) is 6.92 Å². The summed E-state index contributed by atoms with van der Waals surface area (Å²) in [6.07, 6.45) is 4.87. The molecule has 0 aliphatic heterocycles. The number of aryl methyl sites for hydroxylation is 1. The van der Waals surface area contributed by atoms with E-state index in [0.29, 0.717) is 0 Å². The van der Waals surface area contributed by atoms with Crippen LogP contribution in [0.15, 0.2) is 36.4 Å². The summed E-state index contributed by atoms with van der Waals surface area (Å²) in [5.41, 5.74) is 7.50. The van der Waals surface area contributed by atoms with Gasteiger partial charge in [-0.25, -0.2) is 0 Å². The van der Waals surface area contributed by atoms with Crippen LogP contribution in [-0.4, -0.2) is 6.61 Å². The molecule has 0 spiro atoms. The Balaban J connectivity index is 1.81. The third-order valence-electron chi connectivity index (χ3n) is 4.31. The van der Waals surface area contributed by atoms with Crippen molar-refractivity contribution >= 4 is 0 Å². The topological polar surface area (TPSA) is 9.23 Å². The minimum atomic E-state index is 0.725. The van der Waals surface area contributed by atoms with Crippen molar-refractivity contribution in [3.8, 4) is 5.75 Å². The van der Waals surface area contributed by atoms with Crippen molar-refractivity contribution in [3.63, 3.8) is 0 Å². The Labute approximate surface area is 121 Å².